The van der Waals surface area contributed by atoms with Crippen LogP contribution in [0.5, 0.6) is 5.75 Å². The van der Waals surface area contributed by atoms with Crippen molar-refractivity contribution in [1.29, 1.82) is 0 Å². The Hall–Kier alpha value is -2.33. The Balaban J connectivity index is 1.51. The zero-order chi connectivity index (χ0) is 18.6. The lowest BCUT2D eigenvalue weighted by Crippen LogP contribution is -2.30. The number of likely N-dealkylation sites (N-methyl/N-ethyl adjacent to an activating group) is 1. The molecule has 0 heterocycles. The fourth-order valence-electron chi connectivity index (χ4n) is 2.51. The third-order valence-electron chi connectivity index (χ3n) is 4.20. The van der Waals surface area contributed by atoms with Gasteiger partial charge in [-0.2, -0.15) is 0 Å². The smallest absolute Gasteiger partial charge is 0.222 e. The van der Waals surface area contributed by atoms with E-state index < -0.39 is 0 Å². The predicted molar refractivity (Wildman–Crippen MR) is 105 cm³/mol. The van der Waals surface area contributed by atoms with Crippen LogP contribution in [0.15, 0.2) is 54.6 Å². The molecule has 0 fully saturated rings. The van der Waals surface area contributed by atoms with Crippen molar-refractivity contribution in [3.05, 3.63) is 65.7 Å². The summed E-state index contributed by atoms with van der Waals surface area (Å²) in [6.07, 6.45) is 2.16. The van der Waals surface area contributed by atoms with Crippen molar-refractivity contribution in [3.63, 3.8) is 0 Å². The lowest BCUT2D eigenvalue weighted by molar-refractivity contribution is -0.130. The van der Waals surface area contributed by atoms with Crippen LogP contribution in [0.3, 0.4) is 0 Å². The lowest BCUT2D eigenvalue weighted by Gasteiger charge is -2.17. The molecule has 2 aromatic carbocycles. The van der Waals surface area contributed by atoms with Crippen molar-refractivity contribution >= 4 is 5.91 Å². The summed E-state index contributed by atoms with van der Waals surface area (Å²) in [5.41, 5.74) is 2.48. The van der Waals surface area contributed by atoms with E-state index in [1.165, 1.54) is 11.1 Å². The van der Waals surface area contributed by atoms with E-state index in [4.69, 9.17) is 9.47 Å². The summed E-state index contributed by atoms with van der Waals surface area (Å²) in [7, 11) is 1.82. The first-order chi connectivity index (χ1) is 12.6. The number of carbonyl (C=O) groups excluding carboxylic acids is 1. The van der Waals surface area contributed by atoms with Crippen molar-refractivity contribution in [2.75, 3.05) is 33.4 Å². The SMILES string of the molecule is Cc1ccc(OCCN(C)C(=O)CCCOCCc2ccccc2)cc1. The van der Waals surface area contributed by atoms with Gasteiger partial charge < -0.3 is 14.4 Å². The van der Waals surface area contributed by atoms with Gasteiger partial charge in [0.05, 0.1) is 13.2 Å². The first-order valence-electron chi connectivity index (χ1n) is 9.20. The molecule has 0 saturated carbocycles. The summed E-state index contributed by atoms with van der Waals surface area (Å²) < 4.78 is 11.3. The molecular weight excluding hydrogens is 326 g/mol. The van der Waals surface area contributed by atoms with Crippen molar-refractivity contribution in [2.45, 2.75) is 26.2 Å². The van der Waals surface area contributed by atoms with Gasteiger partial charge in [-0.1, -0.05) is 48.0 Å². The summed E-state index contributed by atoms with van der Waals surface area (Å²) in [6.45, 7) is 4.44. The number of rotatable bonds is 11. The molecule has 0 radical (unpaired) electrons. The van der Waals surface area contributed by atoms with Crippen molar-refractivity contribution in [3.8, 4) is 5.75 Å². The topological polar surface area (TPSA) is 38.8 Å². The minimum Gasteiger partial charge on any atom is -0.492 e. The average molecular weight is 355 g/mol. The molecular formula is C22H29NO3. The van der Waals surface area contributed by atoms with Crippen LogP contribution in [0, 0.1) is 6.92 Å². The molecule has 4 nitrogen and oxygen atoms in total. The molecule has 0 saturated heterocycles. The van der Waals surface area contributed by atoms with Crippen LogP contribution in [0.4, 0.5) is 0 Å². The minimum absolute atomic E-state index is 0.129. The molecule has 4 heteroatoms. The largest absolute Gasteiger partial charge is 0.492 e. The van der Waals surface area contributed by atoms with Gasteiger partial charge in [-0.05, 0) is 37.5 Å². The number of hydrogen-bond donors (Lipinski definition) is 0. The fourth-order valence-corrected chi connectivity index (χ4v) is 2.51. The van der Waals surface area contributed by atoms with E-state index in [0.29, 0.717) is 32.8 Å². The number of amides is 1. The Morgan fingerprint density at radius 3 is 2.42 bits per heavy atom. The van der Waals surface area contributed by atoms with Gasteiger partial charge in [-0.3, -0.25) is 4.79 Å². The molecule has 0 bridgehead atoms. The van der Waals surface area contributed by atoms with Crippen LogP contribution < -0.4 is 4.74 Å². The summed E-state index contributed by atoms with van der Waals surface area (Å²) in [6, 6.07) is 18.2. The Morgan fingerprint density at radius 2 is 1.69 bits per heavy atom. The minimum atomic E-state index is 0.129. The lowest BCUT2D eigenvalue weighted by atomic mass is 10.2. The van der Waals surface area contributed by atoms with Crippen LogP contribution in [-0.2, 0) is 16.0 Å². The summed E-state index contributed by atoms with van der Waals surface area (Å²) in [4.78, 5) is 13.8. The second kappa shape index (κ2) is 11.3. The number of nitrogens with zero attached hydrogens (tertiary/aromatic N) is 1. The van der Waals surface area contributed by atoms with Gasteiger partial charge in [0.15, 0.2) is 0 Å². The maximum atomic E-state index is 12.1. The quantitative estimate of drug-likeness (QED) is 0.574. The summed E-state index contributed by atoms with van der Waals surface area (Å²) >= 11 is 0. The highest BCUT2D eigenvalue weighted by Gasteiger charge is 2.08. The molecule has 26 heavy (non-hydrogen) atoms. The van der Waals surface area contributed by atoms with E-state index in [1.54, 1.807) is 4.90 Å². The highest BCUT2D eigenvalue weighted by atomic mass is 16.5. The third-order valence-corrected chi connectivity index (χ3v) is 4.20. The standard InChI is InChI=1S/C22H29NO3/c1-19-10-12-21(13-11-19)26-18-15-23(2)22(24)9-6-16-25-17-14-20-7-4-3-5-8-20/h3-5,7-8,10-13H,6,9,14-18H2,1-2H3. The van der Waals surface area contributed by atoms with E-state index >= 15 is 0 Å². The van der Waals surface area contributed by atoms with Crippen LogP contribution in [0.1, 0.15) is 24.0 Å². The Morgan fingerprint density at radius 1 is 0.962 bits per heavy atom. The summed E-state index contributed by atoms with van der Waals surface area (Å²) in [5.74, 6) is 0.965. The van der Waals surface area contributed by atoms with Crippen molar-refractivity contribution < 1.29 is 14.3 Å². The van der Waals surface area contributed by atoms with Crippen LogP contribution in [0.25, 0.3) is 0 Å². The molecule has 0 aliphatic carbocycles. The molecule has 0 unspecified atom stereocenters. The molecule has 1 amide bonds. The Labute approximate surface area is 156 Å². The van der Waals surface area contributed by atoms with Gasteiger partial charge in [-0.15, -0.1) is 0 Å². The molecule has 0 N–H and O–H groups in total. The first-order valence-corrected chi connectivity index (χ1v) is 9.20. The molecule has 0 aliphatic heterocycles. The molecule has 2 rings (SSSR count). The highest BCUT2D eigenvalue weighted by Crippen LogP contribution is 2.11. The predicted octanol–water partition coefficient (Wildman–Crippen LogP) is 3.87. The van der Waals surface area contributed by atoms with E-state index in [1.807, 2.05) is 56.4 Å². The molecule has 2 aromatic rings. The number of aryl methyl sites for hydroxylation is 1. The molecule has 140 valence electrons. The second-order valence-corrected chi connectivity index (χ2v) is 6.43. The maximum absolute atomic E-state index is 12.1. The van der Waals surface area contributed by atoms with E-state index in [0.717, 1.165) is 18.6 Å². The Bertz CT molecular complexity index is 640. The number of hydrogen-bond acceptors (Lipinski definition) is 3. The number of carbonyl (C=O) groups is 1. The van der Waals surface area contributed by atoms with Crippen LogP contribution in [-0.4, -0.2) is 44.2 Å². The number of ether oxygens (including phenoxy) is 2. The van der Waals surface area contributed by atoms with Gasteiger partial charge in [0.25, 0.3) is 0 Å². The zero-order valence-corrected chi connectivity index (χ0v) is 15.8. The monoisotopic (exact) mass is 355 g/mol. The average Bonchev–Trinajstić information content (AvgIpc) is 2.66. The maximum Gasteiger partial charge on any atom is 0.222 e. The van der Waals surface area contributed by atoms with Gasteiger partial charge in [-0.25, -0.2) is 0 Å². The second-order valence-electron chi connectivity index (χ2n) is 6.43. The van der Waals surface area contributed by atoms with Gasteiger partial charge >= 0.3 is 0 Å². The Kier molecular flexibility index (Phi) is 8.70. The molecule has 0 aromatic heterocycles. The van der Waals surface area contributed by atoms with Crippen molar-refractivity contribution in [1.82, 2.24) is 4.90 Å². The highest BCUT2D eigenvalue weighted by molar-refractivity contribution is 5.75. The molecule has 0 aliphatic rings. The van der Waals surface area contributed by atoms with Gasteiger partial charge in [0.2, 0.25) is 5.91 Å². The van der Waals surface area contributed by atoms with Gasteiger partial charge in [0, 0.05) is 20.1 Å². The zero-order valence-electron chi connectivity index (χ0n) is 15.8. The third kappa shape index (κ3) is 7.70. The normalized spacial score (nSPS) is 10.5. The summed E-state index contributed by atoms with van der Waals surface area (Å²) in [5, 5.41) is 0. The van der Waals surface area contributed by atoms with E-state index in [-0.39, 0.29) is 5.91 Å². The van der Waals surface area contributed by atoms with Crippen LogP contribution in [0.2, 0.25) is 0 Å². The molecule has 0 atom stereocenters. The van der Waals surface area contributed by atoms with Gasteiger partial charge in [0.1, 0.15) is 12.4 Å². The molecule has 0 spiro atoms. The fraction of sp³-hybridized carbons (Fsp3) is 0.409. The van der Waals surface area contributed by atoms with Crippen LogP contribution >= 0.6 is 0 Å². The van der Waals surface area contributed by atoms with Crippen molar-refractivity contribution in [2.24, 2.45) is 0 Å². The van der Waals surface area contributed by atoms with E-state index in [9.17, 15) is 4.79 Å². The number of benzene rings is 2. The first kappa shape index (κ1) is 20.0. The van der Waals surface area contributed by atoms with E-state index in [2.05, 4.69) is 12.1 Å².